The van der Waals surface area contributed by atoms with E-state index in [9.17, 15) is 18.0 Å². The van der Waals surface area contributed by atoms with Crippen LogP contribution in [0.15, 0.2) is 41.2 Å². The molecule has 138 valence electrons. The molecule has 0 bridgehead atoms. The summed E-state index contributed by atoms with van der Waals surface area (Å²) in [6.45, 7) is 0.266. The molecule has 3 rings (SSSR count). The Kier molecular flexibility index (Phi) is 5.41. The zero-order valence-corrected chi connectivity index (χ0v) is 14.6. The van der Waals surface area contributed by atoms with Gasteiger partial charge in [0.15, 0.2) is 5.43 Å². The number of rotatable bonds is 6. The molecule has 0 unspecified atom stereocenters. The van der Waals surface area contributed by atoms with Gasteiger partial charge in [-0.2, -0.15) is 13.2 Å². The number of nitrogens with one attached hydrogen (secondary N) is 1. The molecule has 3 nitrogen and oxygen atoms in total. The smallest absolute Gasteiger partial charge is 0.389 e. The number of halogens is 4. The average molecular weight is 384 g/mol. The van der Waals surface area contributed by atoms with E-state index < -0.39 is 12.6 Å². The molecule has 1 aromatic rings. The van der Waals surface area contributed by atoms with Gasteiger partial charge in [-0.3, -0.25) is 4.79 Å². The van der Waals surface area contributed by atoms with E-state index in [1.54, 1.807) is 24.3 Å². The fourth-order valence-electron chi connectivity index (χ4n) is 2.79. The first kappa shape index (κ1) is 18.6. The van der Waals surface area contributed by atoms with Crippen molar-refractivity contribution >= 4 is 22.5 Å². The third-order valence-corrected chi connectivity index (χ3v) is 4.31. The van der Waals surface area contributed by atoms with Crippen molar-refractivity contribution in [3.8, 4) is 17.0 Å². The quantitative estimate of drug-likeness (QED) is 0.432. The van der Waals surface area contributed by atoms with Crippen LogP contribution in [0.4, 0.5) is 13.2 Å². The number of benzene rings is 2. The van der Waals surface area contributed by atoms with Crippen LogP contribution in [0.3, 0.4) is 0 Å². The highest BCUT2D eigenvalue weighted by Crippen LogP contribution is 2.27. The summed E-state index contributed by atoms with van der Waals surface area (Å²) >= 11 is 5.99. The van der Waals surface area contributed by atoms with E-state index in [0.29, 0.717) is 34.9 Å². The fourth-order valence-corrected chi connectivity index (χ4v) is 2.97. The van der Waals surface area contributed by atoms with E-state index in [1.165, 1.54) is 6.07 Å². The molecule has 0 fully saturated rings. The minimum absolute atomic E-state index is 0.0813. The van der Waals surface area contributed by atoms with E-state index in [1.807, 2.05) is 6.07 Å². The molecule has 0 radical (unpaired) electrons. The van der Waals surface area contributed by atoms with Crippen LogP contribution < -0.4 is 10.2 Å². The van der Waals surface area contributed by atoms with Crippen molar-refractivity contribution < 1.29 is 17.9 Å². The maximum Gasteiger partial charge on any atom is 0.389 e. The standard InChI is InChI=1S/C19H17ClF3NO2/c20-13-5-4-12-8-15-17(24-16(12)9-13)10-14(11-18(15)25)26-7-3-1-2-6-19(21,22)23/h4-5,8-11,24H,1-3,6-7H2. The molecule has 1 N–H and O–H groups in total. The van der Waals surface area contributed by atoms with Crippen molar-refractivity contribution in [2.24, 2.45) is 0 Å². The number of ether oxygens (including phenoxy) is 1. The Morgan fingerprint density at radius 2 is 1.85 bits per heavy atom. The van der Waals surface area contributed by atoms with Crippen LogP contribution in [-0.2, 0) is 0 Å². The maximum absolute atomic E-state index is 12.3. The summed E-state index contributed by atoms with van der Waals surface area (Å²) in [5.41, 5.74) is 1.79. The topological polar surface area (TPSA) is 42.1 Å². The lowest BCUT2D eigenvalue weighted by molar-refractivity contribution is -0.135. The normalized spacial score (nSPS) is 12.0. The number of aromatic nitrogens is 1. The van der Waals surface area contributed by atoms with Crippen LogP contribution in [0.1, 0.15) is 25.7 Å². The first-order chi connectivity index (χ1) is 12.3. The number of alkyl halides is 3. The van der Waals surface area contributed by atoms with Gasteiger partial charge in [0.1, 0.15) is 5.75 Å². The van der Waals surface area contributed by atoms with Gasteiger partial charge in [-0.05, 0) is 42.8 Å². The Labute approximate surface area is 153 Å². The third kappa shape index (κ3) is 4.69. The van der Waals surface area contributed by atoms with Crippen LogP contribution in [0, 0.1) is 0 Å². The number of pyridine rings is 1. The zero-order chi connectivity index (χ0) is 18.7. The van der Waals surface area contributed by atoms with Crippen molar-refractivity contribution in [3.63, 3.8) is 0 Å². The number of hydrogen-bond donors (Lipinski definition) is 1. The Bertz CT molecular complexity index is 936. The summed E-state index contributed by atoms with van der Waals surface area (Å²) in [6.07, 6.45) is -3.89. The Balaban J connectivity index is 1.69. The van der Waals surface area contributed by atoms with Gasteiger partial charge in [-0.25, -0.2) is 0 Å². The van der Waals surface area contributed by atoms with Gasteiger partial charge in [-0.15, -0.1) is 0 Å². The minimum atomic E-state index is -4.11. The van der Waals surface area contributed by atoms with Crippen molar-refractivity contribution in [3.05, 3.63) is 51.6 Å². The second-order valence-corrected chi connectivity index (χ2v) is 6.59. The first-order valence-electron chi connectivity index (χ1n) is 8.28. The molecular formula is C19H17ClF3NO2. The molecule has 0 spiro atoms. The SMILES string of the molecule is O=c1cc(OCCCCCC(F)(F)F)cc2[nH]c3cc(Cl)ccc3cc1-2. The van der Waals surface area contributed by atoms with E-state index in [2.05, 4.69) is 4.98 Å². The average Bonchev–Trinajstić information content (AvgIpc) is 2.55. The molecule has 7 heteroatoms. The summed E-state index contributed by atoms with van der Waals surface area (Å²) in [6, 6.07) is 10.3. The monoisotopic (exact) mass is 383 g/mol. The molecule has 0 saturated heterocycles. The second kappa shape index (κ2) is 7.58. The number of unbranched alkanes of at least 4 members (excludes halogenated alkanes) is 2. The number of aromatic amines is 1. The van der Waals surface area contributed by atoms with Crippen LogP contribution in [-0.4, -0.2) is 17.8 Å². The van der Waals surface area contributed by atoms with Gasteiger partial charge in [0, 0.05) is 34.7 Å². The number of H-pyrrole nitrogens is 1. The molecule has 26 heavy (non-hydrogen) atoms. The predicted octanol–water partition coefficient (Wildman–Crippen LogP) is 5.79. The lowest BCUT2D eigenvalue weighted by Crippen LogP contribution is -2.09. The van der Waals surface area contributed by atoms with Crippen LogP contribution in [0.2, 0.25) is 5.02 Å². The van der Waals surface area contributed by atoms with E-state index >= 15 is 0 Å². The van der Waals surface area contributed by atoms with E-state index in [-0.39, 0.29) is 18.5 Å². The summed E-state index contributed by atoms with van der Waals surface area (Å²) < 4.78 is 41.8. The first-order valence-corrected chi connectivity index (χ1v) is 8.65. The minimum Gasteiger partial charge on any atom is -0.493 e. The summed E-state index contributed by atoms with van der Waals surface area (Å²) in [5, 5.41) is 1.46. The fraction of sp³-hybridized carbons (Fsp3) is 0.316. The van der Waals surface area contributed by atoms with Gasteiger partial charge in [0.2, 0.25) is 0 Å². The highest BCUT2D eigenvalue weighted by atomic mass is 35.5. The second-order valence-electron chi connectivity index (χ2n) is 6.16. The Morgan fingerprint density at radius 3 is 2.62 bits per heavy atom. The van der Waals surface area contributed by atoms with Crippen molar-refractivity contribution in [1.82, 2.24) is 4.98 Å². The molecular weight excluding hydrogens is 367 g/mol. The van der Waals surface area contributed by atoms with E-state index in [4.69, 9.17) is 16.3 Å². The molecule has 2 aliphatic rings. The summed E-state index contributed by atoms with van der Waals surface area (Å²) in [7, 11) is 0. The lowest BCUT2D eigenvalue weighted by Gasteiger charge is -2.12. The highest BCUT2D eigenvalue weighted by molar-refractivity contribution is 6.31. The van der Waals surface area contributed by atoms with Gasteiger partial charge in [0.25, 0.3) is 0 Å². The molecule has 0 atom stereocenters. The molecule has 1 heterocycles. The number of hydrogen-bond acceptors (Lipinski definition) is 2. The van der Waals surface area contributed by atoms with Gasteiger partial charge in [-0.1, -0.05) is 17.7 Å². The molecule has 0 amide bonds. The van der Waals surface area contributed by atoms with Crippen LogP contribution >= 0.6 is 11.6 Å². The van der Waals surface area contributed by atoms with Crippen LogP contribution in [0.5, 0.6) is 5.75 Å². The molecule has 1 aliphatic heterocycles. The summed E-state index contributed by atoms with van der Waals surface area (Å²) in [4.78, 5) is 15.5. The maximum atomic E-state index is 12.3. The largest absolute Gasteiger partial charge is 0.493 e. The summed E-state index contributed by atoms with van der Waals surface area (Å²) in [5.74, 6) is 0.399. The van der Waals surface area contributed by atoms with Crippen molar-refractivity contribution in [1.29, 1.82) is 0 Å². The molecule has 0 saturated carbocycles. The Hall–Kier alpha value is -2.21. The van der Waals surface area contributed by atoms with Crippen molar-refractivity contribution in [2.45, 2.75) is 31.9 Å². The van der Waals surface area contributed by atoms with Gasteiger partial charge < -0.3 is 9.72 Å². The van der Waals surface area contributed by atoms with E-state index in [0.717, 1.165) is 10.9 Å². The molecule has 0 aromatic heterocycles. The Morgan fingerprint density at radius 1 is 1.04 bits per heavy atom. The molecule has 1 aromatic carbocycles. The predicted molar refractivity (Wildman–Crippen MR) is 96.2 cm³/mol. The van der Waals surface area contributed by atoms with Gasteiger partial charge >= 0.3 is 6.18 Å². The third-order valence-electron chi connectivity index (χ3n) is 4.07. The number of fused-ring (bicyclic) bond motifs is 2. The van der Waals surface area contributed by atoms with Crippen LogP contribution in [0.25, 0.3) is 22.2 Å². The molecule has 1 aliphatic carbocycles. The lowest BCUT2D eigenvalue weighted by atomic mass is 10.1. The van der Waals surface area contributed by atoms with Crippen molar-refractivity contribution in [2.75, 3.05) is 6.61 Å². The zero-order valence-electron chi connectivity index (χ0n) is 13.8. The highest BCUT2D eigenvalue weighted by Gasteiger charge is 2.25. The van der Waals surface area contributed by atoms with Gasteiger partial charge in [0.05, 0.1) is 12.3 Å².